The molecule has 0 aliphatic heterocycles. The van der Waals surface area contributed by atoms with E-state index in [1.807, 2.05) is 6.07 Å². The highest BCUT2D eigenvalue weighted by atomic mass is 79.9. The second-order valence-electron chi connectivity index (χ2n) is 3.51. The Kier molecular flexibility index (Phi) is 3.37. The van der Waals surface area contributed by atoms with Gasteiger partial charge >= 0.3 is 0 Å². The molecule has 76 valence electrons. The molecule has 0 aromatic carbocycles. The van der Waals surface area contributed by atoms with E-state index in [0.717, 1.165) is 29.3 Å². The zero-order valence-electron chi connectivity index (χ0n) is 7.96. The van der Waals surface area contributed by atoms with Crippen LogP contribution in [0.15, 0.2) is 22.9 Å². The minimum Gasteiger partial charge on any atom is -0.383 e. The Balaban J connectivity index is 1.71. The van der Waals surface area contributed by atoms with Gasteiger partial charge in [0, 0.05) is 31.5 Å². The summed E-state index contributed by atoms with van der Waals surface area (Å²) in [6.07, 6.45) is 6.29. The predicted octanol–water partition coefficient (Wildman–Crippen LogP) is 2.01. The third-order valence-corrected chi connectivity index (χ3v) is 2.86. The van der Waals surface area contributed by atoms with Crippen LogP contribution in [0, 0.1) is 0 Å². The van der Waals surface area contributed by atoms with E-state index in [2.05, 4.69) is 31.5 Å². The molecule has 0 atom stereocenters. The molecule has 4 heteroatoms. The lowest BCUT2D eigenvalue weighted by Crippen LogP contribution is -2.23. The van der Waals surface area contributed by atoms with Gasteiger partial charge in [-0.15, -0.1) is 0 Å². The first-order valence-electron chi connectivity index (χ1n) is 4.93. The smallest absolute Gasteiger partial charge is 0.0590 e. The van der Waals surface area contributed by atoms with E-state index in [0.29, 0.717) is 0 Å². The number of anilines is 1. The first kappa shape index (κ1) is 9.93. The zero-order valence-corrected chi connectivity index (χ0v) is 9.55. The van der Waals surface area contributed by atoms with Crippen molar-refractivity contribution in [3.05, 3.63) is 22.9 Å². The molecule has 2 N–H and O–H groups in total. The third kappa shape index (κ3) is 2.96. The molecule has 2 rings (SSSR count). The summed E-state index contributed by atoms with van der Waals surface area (Å²) in [6.45, 7) is 1.98. The highest BCUT2D eigenvalue weighted by Crippen LogP contribution is 2.20. The molecule has 0 bridgehead atoms. The van der Waals surface area contributed by atoms with Crippen LogP contribution in [0.5, 0.6) is 0 Å². The van der Waals surface area contributed by atoms with Crippen LogP contribution in [0.3, 0.4) is 0 Å². The highest BCUT2D eigenvalue weighted by Gasteiger charge is 2.19. The van der Waals surface area contributed by atoms with Crippen LogP contribution >= 0.6 is 15.9 Å². The Morgan fingerprint density at radius 2 is 2.29 bits per heavy atom. The minimum absolute atomic E-state index is 0.790. The number of rotatable bonds is 5. The van der Waals surface area contributed by atoms with Crippen LogP contribution in [-0.4, -0.2) is 24.1 Å². The Hall–Kier alpha value is -0.610. The van der Waals surface area contributed by atoms with E-state index in [1.165, 1.54) is 12.8 Å². The molecule has 1 aliphatic carbocycles. The molecule has 0 spiro atoms. The first-order chi connectivity index (χ1) is 6.86. The van der Waals surface area contributed by atoms with Crippen molar-refractivity contribution in [2.24, 2.45) is 0 Å². The molecule has 0 unspecified atom stereocenters. The predicted molar refractivity (Wildman–Crippen MR) is 61.5 cm³/mol. The Morgan fingerprint density at radius 3 is 3.00 bits per heavy atom. The van der Waals surface area contributed by atoms with Crippen molar-refractivity contribution in [1.29, 1.82) is 0 Å². The van der Waals surface area contributed by atoms with Crippen molar-refractivity contribution in [3.8, 4) is 0 Å². The maximum absolute atomic E-state index is 4.01. The second-order valence-corrected chi connectivity index (χ2v) is 4.37. The third-order valence-electron chi connectivity index (χ3n) is 2.22. The van der Waals surface area contributed by atoms with Crippen LogP contribution in [-0.2, 0) is 0 Å². The summed E-state index contributed by atoms with van der Waals surface area (Å²) in [7, 11) is 0. The summed E-state index contributed by atoms with van der Waals surface area (Å²) in [5, 5.41) is 6.80. The number of pyridine rings is 1. The number of hydrogen-bond donors (Lipinski definition) is 2. The van der Waals surface area contributed by atoms with E-state index < -0.39 is 0 Å². The maximum Gasteiger partial charge on any atom is 0.0590 e. The number of halogens is 1. The number of aromatic nitrogens is 1. The number of nitrogens with one attached hydrogen (secondary N) is 2. The summed E-state index contributed by atoms with van der Waals surface area (Å²) in [4.78, 5) is 4.01. The topological polar surface area (TPSA) is 37.0 Å². The lowest BCUT2D eigenvalue weighted by Gasteiger charge is -2.08. The lowest BCUT2D eigenvalue weighted by atomic mass is 10.4. The van der Waals surface area contributed by atoms with Crippen LogP contribution < -0.4 is 10.6 Å². The molecular weight excluding hydrogens is 242 g/mol. The van der Waals surface area contributed by atoms with Gasteiger partial charge < -0.3 is 10.6 Å². The average molecular weight is 256 g/mol. The molecule has 0 saturated heterocycles. The quantitative estimate of drug-likeness (QED) is 0.791. The van der Waals surface area contributed by atoms with E-state index in [1.54, 1.807) is 12.4 Å². The van der Waals surface area contributed by atoms with Gasteiger partial charge in [0.25, 0.3) is 0 Å². The molecule has 0 amide bonds. The lowest BCUT2D eigenvalue weighted by molar-refractivity contribution is 0.701. The van der Waals surface area contributed by atoms with E-state index >= 15 is 0 Å². The fourth-order valence-electron chi connectivity index (χ4n) is 1.28. The monoisotopic (exact) mass is 255 g/mol. The van der Waals surface area contributed by atoms with Crippen molar-refractivity contribution in [3.63, 3.8) is 0 Å². The average Bonchev–Trinajstić information content (AvgIpc) is 2.99. The van der Waals surface area contributed by atoms with Gasteiger partial charge in [-0.25, -0.2) is 0 Å². The van der Waals surface area contributed by atoms with Crippen molar-refractivity contribution < 1.29 is 0 Å². The summed E-state index contributed by atoms with van der Waals surface area (Å²) in [5.41, 5.74) is 1.11. The number of nitrogens with zero attached hydrogens (tertiary/aromatic N) is 1. The standard InChI is InChI=1S/C10H14BrN3/c11-9-7-12-4-3-10(9)14-6-5-13-8-1-2-8/h3-4,7-8,13H,1-2,5-6H2,(H,12,14). The van der Waals surface area contributed by atoms with Crippen LogP contribution in [0.1, 0.15) is 12.8 Å². The van der Waals surface area contributed by atoms with Gasteiger partial charge in [0.15, 0.2) is 0 Å². The van der Waals surface area contributed by atoms with Gasteiger partial charge in [0.2, 0.25) is 0 Å². The maximum atomic E-state index is 4.01. The normalized spacial score (nSPS) is 15.5. The van der Waals surface area contributed by atoms with Gasteiger partial charge in [0.05, 0.1) is 10.2 Å². The Morgan fingerprint density at radius 1 is 1.43 bits per heavy atom. The van der Waals surface area contributed by atoms with E-state index in [9.17, 15) is 0 Å². The Bertz CT molecular complexity index is 299. The van der Waals surface area contributed by atoms with Gasteiger partial charge in [-0.1, -0.05) is 0 Å². The van der Waals surface area contributed by atoms with Crippen LogP contribution in [0.2, 0.25) is 0 Å². The Labute approximate surface area is 92.4 Å². The van der Waals surface area contributed by atoms with Crippen molar-refractivity contribution >= 4 is 21.6 Å². The second kappa shape index (κ2) is 4.75. The molecule has 1 fully saturated rings. The zero-order chi connectivity index (χ0) is 9.80. The van der Waals surface area contributed by atoms with Crippen molar-refractivity contribution in [2.45, 2.75) is 18.9 Å². The summed E-state index contributed by atoms with van der Waals surface area (Å²) >= 11 is 3.44. The molecule has 3 nitrogen and oxygen atoms in total. The van der Waals surface area contributed by atoms with Gasteiger partial charge in [-0.05, 0) is 34.8 Å². The molecular formula is C10H14BrN3. The summed E-state index contributed by atoms with van der Waals surface area (Å²) in [5.74, 6) is 0. The molecule has 1 aromatic rings. The minimum atomic E-state index is 0.790. The molecule has 1 aromatic heterocycles. The molecule has 1 heterocycles. The van der Waals surface area contributed by atoms with E-state index in [-0.39, 0.29) is 0 Å². The van der Waals surface area contributed by atoms with Gasteiger partial charge in [-0.2, -0.15) is 0 Å². The van der Waals surface area contributed by atoms with Gasteiger partial charge in [-0.3, -0.25) is 4.98 Å². The van der Waals surface area contributed by atoms with Crippen LogP contribution in [0.25, 0.3) is 0 Å². The largest absolute Gasteiger partial charge is 0.383 e. The summed E-state index contributed by atoms with van der Waals surface area (Å²) in [6, 6.07) is 2.76. The van der Waals surface area contributed by atoms with Crippen molar-refractivity contribution in [1.82, 2.24) is 10.3 Å². The highest BCUT2D eigenvalue weighted by molar-refractivity contribution is 9.10. The van der Waals surface area contributed by atoms with Crippen LogP contribution in [0.4, 0.5) is 5.69 Å². The fraction of sp³-hybridized carbons (Fsp3) is 0.500. The molecule has 1 saturated carbocycles. The SMILES string of the molecule is Brc1cnccc1NCCNC1CC1. The molecule has 1 aliphatic rings. The van der Waals surface area contributed by atoms with Gasteiger partial charge in [0.1, 0.15) is 0 Å². The van der Waals surface area contributed by atoms with Crippen molar-refractivity contribution in [2.75, 3.05) is 18.4 Å². The summed E-state index contributed by atoms with van der Waals surface area (Å²) < 4.78 is 1.02. The first-order valence-corrected chi connectivity index (χ1v) is 5.72. The molecule has 14 heavy (non-hydrogen) atoms. The number of hydrogen-bond acceptors (Lipinski definition) is 3. The molecule has 0 radical (unpaired) electrons. The fourth-order valence-corrected chi connectivity index (χ4v) is 1.67. The van der Waals surface area contributed by atoms with E-state index in [4.69, 9.17) is 0 Å².